The van der Waals surface area contributed by atoms with Gasteiger partial charge < -0.3 is 21.7 Å². The highest BCUT2D eigenvalue weighted by Crippen LogP contribution is 2.27. The van der Waals surface area contributed by atoms with Crippen molar-refractivity contribution in [2.45, 2.75) is 65.5 Å². The molecule has 1 aromatic carbocycles. The SMILES string of the molecule is Cc1ccc2nc(C(=O)NCC(C)(C)C)nc(N[C@H]3CCCC[C@H]3NC(=N)N)c2c1.Cl.Cl. The number of anilines is 1. The van der Waals surface area contributed by atoms with Gasteiger partial charge in [-0.05, 0) is 37.3 Å². The van der Waals surface area contributed by atoms with Gasteiger partial charge in [0.15, 0.2) is 5.96 Å². The number of rotatable bonds is 5. The van der Waals surface area contributed by atoms with E-state index >= 15 is 0 Å². The molecule has 6 N–H and O–H groups in total. The summed E-state index contributed by atoms with van der Waals surface area (Å²) in [6.07, 6.45) is 4.05. The number of carbonyl (C=O) groups excluding carboxylic acids is 1. The number of aryl methyl sites for hydroxylation is 1. The Bertz CT molecular complexity index is 946. The first-order valence-corrected chi connectivity index (χ1v) is 10.6. The Balaban J connectivity index is 0.00000256. The van der Waals surface area contributed by atoms with E-state index in [1.165, 1.54) is 0 Å². The molecule has 0 radical (unpaired) electrons. The summed E-state index contributed by atoms with van der Waals surface area (Å²) < 4.78 is 0. The molecule has 0 saturated heterocycles. The fraction of sp³-hybridized carbons (Fsp3) is 0.545. The minimum atomic E-state index is -0.280. The highest BCUT2D eigenvalue weighted by atomic mass is 35.5. The molecular formula is C22H35Cl2N7O. The van der Waals surface area contributed by atoms with Crippen LogP contribution in [0.15, 0.2) is 18.2 Å². The first-order valence-electron chi connectivity index (χ1n) is 10.6. The predicted octanol–water partition coefficient (Wildman–Crippen LogP) is 3.76. The van der Waals surface area contributed by atoms with Crippen LogP contribution in [0, 0.1) is 17.7 Å². The molecule has 1 aliphatic carbocycles. The van der Waals surface area contributed by atoms with Gasteiger partial charge in [0.1, 0.15) is 5.82 Å². The van der Waals surface area contributed by atoms with Crippen LogP contribution in [0.5, 0.6) is 0 Å². The lowest BCUT2D eigenvalue weighted by Gasteiger charge is -2.33. The molecule has 2 aromatic rings. The summed E-state index contributed by atoms with van der Waals surface area (Å²) in [6.45, 7) is 8.76. The number of amides is 1. The second kappa shape index (κ2) is 11.5. The maximum absolute atomic E-state index is 12.7. The van der Waals surface area contributed by atoms with Crippen LogP contribution in [0.3, 0.4) is 0 Å². The van der Waals surface area contributed by atoms with Crippen molar-refractivity contribution in [3.05, 3.63) is 29.6 Å². The lowest BCUT2D eigenvalue weighted by molar-refractivity contribution is 0.0929. The molecule has 178 valence electrons. The van der Waals surface area contributed by atoms with Gasteiger partial charge in [0.25, 0.3) is 5.91 Å². The molecule has 2 atom stereocenters. The van der Waals surface area contributed by atoms with Gasteiger partial charge in [-0.1, -0.05) is 45.2 Å². The Hall–Kier alpha value is -2.32. The number of halogens is 2. The lowest BCUT2D eigenvalue weighted by Crippen LogP contribution is -2.50. The molecule has 1 amide bonds. The van der Waals surface area contributed by atoms with Crippen LogP contribution in [-0.4, -0.2) is 40.5 Å². The standard InChI is InChI=1S/C22H33N7O.2ClH/c1-13-9-10-15-14(11-13)18(27-16-7-5-6-8-17(16)28-21(23)24)29-19(26-15)20(30)25-12-22(2,3)4;;/h9-11,16-17H,5-8,12H2,1-4H3,(H,25,30)(H4,23,24,28)(H,26,27,29);2*1H/t16-,17+;;/m0../s1. The van der Waals surface area contributed by atoms with Crippen molar-refractivity contribution in [1.29, 1.82) is 5.41 Å². The average molecular weight is 484 g/mol. The molecular weight excluding hydrogens is 449 g/mol. The zero-order chi connectivity index (χ0) is 21.9. The second-order valence-electron chi connectivity index (χ2n) is 9.36. The van der Waals surface area contributed by atoms with Gasteiger partial charge >= 0.3 is 0 Å². The second-order valence-corrected chi connectivity index (χ2v) is 9.36. The zero-order valence-corrected chi connectivity index (χ0v) is 20.8. The smallest absolute Gasteiger partial charge is 0.289 e. The highest BCUT2D eigenvalue weighted by molar-refractivity contribution is 5.96. The van der Waals surface area contributed by atoms with Crippen molar-refractivity contribution in [2.24, 2.45) is 11.1 Å². The summed E-state index contributed by atoms with van der Waals surface area (Å²) in [7, 11) is 0. The van der Waals surface area contributed by atoms with Crippen molar-refractivity contribution < 1.29 is 4.79 Å². The van der Waals surface area contributed by atoms with E-state index in [0.29, 0.717) is 12.4 Å². The van der Waals surface area contributed by atoms with Gasteiger partial charge in [0.2, 0.25) is 5.82 Å². The number of nitrogens with zero attached hydrogens (tertiary/aromatic N) is 2. The number of benzene rings is 1. The molecule has 0 spiro atoms. The van der Waals surface area contributed by atoms with Crippen molar-refractivity contribution in [3.8, 4) is 0 Å². The van der Waals surface area contributed by atoms with Gasteiger partial charge in [-0.15, -0.1) is 24.8 Å². The van der Waals surface area contributed by atoms with E-state index in [9.17, 15) is 4.79 Å². The number of hydrogen-bond donors (Lipinski definition) is 5. The monoisotopic (exact) mass is 483 g/mol. The van der Waals surface area contributed by atoms with Gasteiger partial charge in [0.05, 0.1) is 5.52 Å². The largest absolute Gasteiger partial charge is 0.370 e. The highest BCUT2D eigenvalue weighted by Gasteiger charge is 2.27. The Morgan fingerprint density at radius 3 is 2.44 bits per heavy atom. The molecule has 0 unspecified atom stereocenters. The number of nitrogens with two attached hydrogens (primary N) is 1. The van der Waals surface area contributed by atoms with Crippen LogP contribution >= 0.6 is 24.8 Å². The minimum absolute atomic E-state index is 0. The van der Waals surface area contributed by atoms with Crippen LogP contribution in [0.4, 0.5) is 5.82 Å². The fourth-order valence-electron chi connectivity index (χ4n) is 3.73. The molecule has 0 aliphatic heterocycles. The number of hydrogen-bond acceptors (Lipinski definition) is 5. The molecule has 1 fully saturated rings. The lowest BCUT2D eigenvalue weighted by atomic mass is 9.90. The minimum Gasteiger partial charge on any atom is -0.370 e. The molecule has 1 aliphatic rings. The zero-order valence-electron chi connectivity index (χ0n) is 19.1. The van der Waals surface area contributed by atoms with Crippen molar-refractivity contribution >= 4 is 53.4 Å². The Morgan fingerprint density at radius 1 is 1.16 bits per heavy atom. The Labute approximate surface area is 202 Å². The molecule has 1 saturated carbocycles. The molecule has 1 heterocycles. The topological polar surface area (TPSA) is 129 Å². The number of nitrogens with one attached hydrogen (secondary N) is 4. The Kier molecular flexibility index (Phi) is 9.97. The summed E-state index contributed by atoms with van der Waals surface area (Å²) in [6, 6.07) is 6.04. The van der Waals surface area contributed by atoms with Crippen LogP contribution in [0.1, 0.15) is 62.6 Å². The third-order valence-electron chi connectivity index (χ3n) is 5.26. The maximum atomic E-state index is 12.7. The van der Waals surface area contributed by atoms with Crippen molar-refractivity contribution in [2.75, 3.05) is 11.9 Å². The number of fused-ring (bicyclic) bond motifs is 1. The molecule has 32 heavy (non-hydrogen) atoms. The third-order valence-corrected chi connectivity index (χ3v) is 5.26. The summed E-state index contributed by atoms with van der Waals surface area (Å²) in [5, 5.41) is 18.0. The van der Waals surface area contributed by atoms with E-state index in [2.05, 4.69) is 46.7 Å². The van der Waals surface area contributed by atoms with E-state index in [1.807, 2.05) is 25.1 Å². The van der Waals surface area contributed by atoms with Gasteiger partial charge in [-0.25, -0.2) is 9.97 Å². The van der Waals surface area contributed by atoms with E-state index in [-0.39, 0.29) is 60.0 Å². The average Bonchev–Trinajstić information content (AvgIpc) is 2.66. The summed E-state index contributed by atoms with van der Waals surface area (Å²) in [5.41, 5.74) is 7.38. The quantitative estimate of drug-likeness (QED) is 0.325. The Morgan fingerprint density at radius 2 is 1.81 bits per heavy atom. The number of aromatic nitrogens is 2. The molecule has 1 aromatic heterocycles. The van der Waals surface area contributed by atoms with Gasteiger partial charge in [0, 0.05) is 24.0 Å². The van der Waals surface area contributed by atoms with Crippen molar-refractivity contribution in [3.63, 3.8) is 0 Å². The van der Waals surface area contributed by atoms with Gasteiger partial charge in [-0.2, -0.15) is 0 Å². The van der Waals surface area contributed by atoms with Crippen molar-refractivity contribution in [1.82, 2.24) is 20.6 Å². The van der Waals surface area contributed by atoms with Gasteiger partial charge in [-0.3, -0.25) is 10.2 Å². The summed E-state index contributed by atoms with van der Waals surface area (Å²) in [5.74, 6) is 0.494. The number of carbonyl (C=O) groups is 1. The molecule has 8 nitrogen and oxygen atoms in total. The molecule has 10 heteroatoms. The van der Waals surface area contributed by atoms with Crippen LogP contribution in [0.2, 0.25) is 0 Å². The van der Waals surface area contributed by atoms with E-state index in [4.69, 9.17) is 11.1 Å². The fourth-order valence-corrected chi connectivity index (χ4v) is 3.73. The summed E-state index contributed by atoms with van der Waals surface area (Å²) >= 11 is 0. The number of guanidine groups is 1. The maximum Gasteiger partial charge on any atom is 0.289 e. The van der Waals surface area contributed by atoms with E-state index < -0.39 is 0 Å². The van der Waals surface area contributed by atoms with Crippen LogP contribution in [-0.2, 0) is 0 Å². The van der Waals surface area contributed by atoms with E-state index in [1.54, 1.807) is 0 Å². The van der Waals surface area contributed by atoms with Crippen LogP contribution in [0.25, 0.3) is 10.9 Å². The third kappa shape index (κ3) is 7.38. The first kappa shape index (κ1) is 27.7. The summed E-state index contributed by atoms with van der Waals surface area (Å²) in [4.78, 5) is 21.8. The predicted molar refractivity (Wildman–Crippen MR) is 135 cm³/mol. The normalized spacial score (nSPS) is 18.1. The van der Waals surface area contributed by atoms with E-state index in [0.717, 1.165) is 42.1 Å². The first-order chi connectivity index (χ1) is 14.1. The molecule has 3 rings (SSSR count). The molecule has 0 bridgehead atoms. The van der Waals surface area contributed by atoms with Crippen LogP contribution < -0.4 is 21.7 Å².